The van der Waals surface area contributed by atoms with Crippen LogP contribution in [0.5, 0.6) is 0 Å². The van der Waals surface area contributed by atoms with Crippen molar-refractivity contribution in [3.63, 3.8) is 0 Å². The molecule has 0 saturated heterocycles. The summed E-state index contributed by atoms with van der Waals surface area (Å²) in [5.74, 6) is 0.581. The number of nitrogens with one attached hydrogen (secondary N) is 1. The topological polar surface area (TPSA) is 63.8 Å². The maximum absolute atomic E-state index is 13.0. The quantitative estimate of drug-likeness (QED) is 0.334. The first-order valence-electron chi connectivity index (χ1n) is 10.2. The predicted octanol–water partition coefficient (Wildman–Crippen LogP) is 5.85. The van der Waals surface area contributed by atoms with Gasteiger partial charge in [0.15, 0.2) is 5.76 Å². The summed E-state index contributed by atoms with van der Waals surface area (Å²) in [5, 5.41) is 2.82. The summed E-state index contributed by atoms with van der Waals surface area (Å²) >= 11 is 0. The Morgan fingerprint density at radius 3 is 2.42 bits per heavy atom. The Labute approximate surface area is 182 Å². The van der Waals surface area contributed by atoms with Crippen LogP contribution in [0.1, 0.15) is 46.3 Å². The number of nitrogens with zero attached hydrogens (tertiary/aromatic N) is 1. The van der Waals surface area contributed by atoms with Crippen LogP contribution in [0.25, 0.3) is 11.8 Å². The Hall–Kier alpha value is -3.86. The van der Waals surface area contributed by atoms with E-state index >= 15 is 0 Å². The third kappa shape index (κ3) is 5.60. The van der Waals surface area contributed by atoms with Gasteiger partial charge in [-0.1, -0.05) is 80.6 Å². The molecule has 0 atom stereocenters. The van der Waals surface area contributed by atoms with Crippen LogP contribution in [-0.4, -0.2) is 12.6 Å². The van der Waals surface area contributed by atoms with Gasteiger partial charge in [-0.25, -0.2) is 0 Å². The number of carbonyl (C=O) groups excluding carboxylic acids is 1. The lowest BCUT2D eigenvalue weighted by Crippen LogP contribution is -2.25. The molecule has 1 aromatic heterocycles. The Kier molecular flexibility index (Phi) is 7.60. The summed E-state index contributed by atoms with van der Waals surface area (Å²) in [6.45, 7) is 9.77. The predicted molar refractivity (Wildman–Crippen MR) is 124 cm³/mol. The second kappa shape index (κ2) is 10.8. The number of amides is 1. The van der Waals surface area contributed by atoms with Crippen molar-refractivity contribution < 1.29 is 13.9 Å². The number of hydrogen-bond acceptors (Lipinski definition) is 4. The van der Waals surface area contributed by atoms with E-state index in [1.54, 1.807) is 12.1 Å². The van der Waals surface area contributed by atoms with Gasteiger partial charge in [0, 0.05) is 5.56 Å². The fourth-order valence-electron chi connectivity index (χ4n) is 3.14. The van der Waals surface area contributed by atoms with Crippen molar-refractivity contribution in [3.8, 4) is 0 Å². The van der Waals surface area contributed by atoms with Gasteiger partial charge in [0.05, 0.1) is 0 Å². The zero-order chi connectivity index (χ0) is 22.1. The normalized spacial score (nSPS) is 11.4. The largest absolute Gasteiger partial charge is 0.472 e. The lowest BCUT2D eigenvalue weighted by Gasteiger charge is -2.15. The van der Waals surface area contributed by atoms with Crippen molar-refractivity contribution in [2.75, 3.05) is 0 Å². The van der Waals surface area contributed by atoms with E-state index in [1.165, 1.54) is 0 Å². The van der Waals surface area contributed by atoms with Crippen LogP contribution in [0.2, 0.25) is 0 Å². The van der Waals surface area contributed by atoms with Crippen LogP contribution in [-0.2, 0) is 17.8 Å². The average molecular weight is 415 g/mol. The van der Waals surface area contributed by atoms with E-state index in [4.69, 9.17) is 9.15 Å². The van der Waals surface area contributed by atoms with E-state index in [0.717, 1.165) is 29.5 Å². The van der Waals surface area contributed by atoms with Gasteiger partial charge in [-0.3, -0.25) is 15.1 Å². The van der Waals surface area contributed by atoms with E-state index in [-0.39, 0.29) is 18.3 Å². The van der Waals surface area contributed by atoms with Gasteiger partial charge in [0.1, 0.15) is 18.1 Å². The zero-order valence-electron chi connectivity index (χ0n) is 17.6. The highest BCUT2D eigenvalue weighted by atomic mass is 16.5. The Morgan fingerprint density at radius 1 is 1.13 bits per heavy atom. The van der Waals surface area contributed by atoms with Crippen molar-refractivity contribution in [2.45, 2.75) is 26.4 Å². The minimum atomic E-state index is -0.425. The summed E-state index contributed by atoms with van der Waals surface area (Å²) in [7, 11) is 0. The van der Waals surface area contributed by atoms with Crippen LogP contribution in [0.3, 0.4) is 0 Å². The SMILES string of the molecule is C=Cc1oc(C(=O)N/C(OCc2ccccc2)=C(/N=C)c2ccccc2)cc1CCC. The van der Waals surface area contributed by atoms with Gasteiger partial charge in [-0.15, -0.1) is 0 Å². The molecule has 2 aromatic carbocycles. The number of aliphatic imine (C=N–C) groups is 1. The zero-order valence-corrected chi connectivity index (χ0v) is 17.6. The highest BCUT2D eigenvalue weighted by Gasteiger charge is 2.19. The molecule has 0 spiro atoms. The lowest BCUT2D eigenvalue weighted by atomic mass is 10.1. The minimum Gasteiger partial charge on any atom is -0.472 e. The fraction of sp³-hybridized carbons (Fsp3) is 0.154. The van der Waals surface area contributed by atoms with Crippen LogP contribution < -0.4 is 5.32 Å². The molecule has 158 valence electrons. The summed E-state index contributed by atoms with van der Waals surface area (Å²) in [4.78, 5) is 17.1. The molecule has 0 unspecified atom stereocenters. The molecule has 3 aromatic rings. The number of furan rings is 1. The summed E-state index contributed by atoms with van der Waals surface area (Å²) in [6.07, 6.45) is 3.35. The standard InChI is InChI=1S/C26H26N2O3/c1-4-12-21-17-23(31-22(21)5-2)25(29)28-26(30-18-19-13-8-6-9-14-19)24(27-3)20-15-10-7-11-16-20/h5-11,13-17H,2-4,12,18H2,1H3,(H,28,29)/b26-24-. The van der Waals surface area contributed by atoms with Crippen LogP contribution in [0.4, 0.5) is 0 Å². The minimum absolute atomic E-state index is 0.190. The van der Waals surface area contributed by atoms with Gasteiger partial charge in [0.2, 0.25) is 5.88 Å². The van der Waals surface area contributed by atoms with Gasteiger partial charge in [-0.2, -0.15) is 0 Å². The first kappa shape index (κ1) is 21.8. The van der Waals surface area contributed by atoms with Crippen molar-refractivity contribution in [3.05, 3.63) is 107 Å². The molecule has 1 N–H and O–H groups in total. The maximum Gasteiger partial charge on any atom is 0.293 e. The number of rotatable bonds is 10. The molecule has 0 aliphatic rings. The molecule has 0 radical (unpaired) electrons. The third-order valence-corrected chi connectivity index (χ3v) is 4.64. The number of aryl methyl sites for hydroxylation is 1. The first-order chi connectivity index (χ1) is 15.2. The van der Waals surface area contributed by atoms with Crippen LogP contribution in [0, 0.1) is 0 Å². The molecule has 0 aliphatic carbocycles. The van der Waals surface area contributed by atoms with Crippen molar-refractivity contribution in [1.29, 1.82) is 0 Å². The number of hydrogen-bond donors (Lipinski definition) is 1. The second-order valence-corrected chi connectivity index (χ2v) is 6.88. The molecule has 1 heterocycles. The van der Waals surface area contributed by atoms with Gasteiger partial charge in [-0.05, 0) is 36.4 Å². The second-order valence-electron chi connectivity index (χ2n) is 6.88. The van der Waals surface area contributed by atoms with Crippen molar-refractivity contribution >= 4 is 24.4 Å². The third-order valence-electron chi connectivity index (χ3n) is 4.64. The van der Waals surface area contributed by atoms with Crippen LogP contribution in [0.15, 0.2) is 88.6 Å². The van der Waals surface area contributed by atoms with E-state index in [1.807, 2.05) is 60.7 Å². The van der Waals surface area contributed by atoms with E-state index in [2.05, 4.69) is 30.5 Å². The maximum atomic E-state index is 13.0. The number of carbonyl (C=O) groups is 1. The number of ether oxygens (including phenoxy) is 1. The molecule has 0 aliphatic heterocycles. The lowest BCUT2D eigenvalue weighted by molar-refractivity contribution is 0.0884. The average Bonchev–Trinajstić information content (AvgIpc) is 3.22. The van der Waals surface area contributed by atoms with E-state index < -0.39 is 5.91 Å². The van der Waals surface area contributed by atoms with E-state index in [0.29, 0.717) is 11.5 Å². The Balaban J connectivity index is 1.92. The van der Waals surface area contributed by atoms with Crippen molar-refractivity contribution in [1.82, 2.24) is 5.32 Å². The van der Waals surface area contributed by atoms with Gasteiger partial charge in [0.25, 0.3) is 5.91 Å². The number of benzene rings is 2. The monoisotopic (exact) mass is 414 g/mol. The molecule has 5 heteroatoms. The van der Waals surface area contributed by atoms with Gasteiger partial charge >= 0.3 is 0 Å². The summed E-state index contributed by atoms with van der Waals surface area (Å²) in [6, 6.07) is 20.9. The van der Waals surface area contributed by atoms with Crippen molar-refractivity contribution in [2.24, 2.45) is 4.99 Å². The molecule has 0 fully saturated rings. The molecular formula is C26H26N2O3. The smallest absolute Gasteiger partial charge is 0.293 e. The molecule has 5 nitrogen and oxygen atoms in total. The first-order valence-corrected chi connectivity index (χ1v) is 10.2. The Bertz CT molecular complexity index is 1070. The van der Waals surface area contributed by atoms with Gasteiger partial charge < -0.3 is 9.15 Å². The fourth-order valence-corrected chi connectivity index (χ4v) is 3.14. The van der Waals surface area contributed by atoms with E-state index in [9.17, 15) is 4.79 Å². The molecule has 0 saturated carbocycles. The highest BCUT2D eigenvalue weighted by molar-refractivity contribution is 5.94. The molecule has 1 amide bonds. The molecular weight excluding hydrogens is 388 g/mol. The molecule has 3 rings (SSSR count). The van der Waals surface area contributed by atoms with Crippen LogP contribution >= 0.6 is 0 Å². The molecule has 0 bridgehead atoms. The Morgan fingerprint density at radius 2 is 1.81 bits per heavy atom. The highest BCUT2D eigenvalue weighted by Crippen LogP contribution is 2.22. The summed E-state index contributed by atoms with van der Waals surface area (Å²) < 4.78 is 11.7. The molecule has 31 heavy (non-hydrogen) atoms. The summed E-state index contributed by atoms with van der Waals surface area (Å²) in [5.41, 5.74) is 3.12.